The number of ether oxygens (including phenoxy) is 1. The maximum atomic E-state index is 12.8. The summed E-state index contributed by atoms with van der Waals surface area (Å²) in [5.74, 6) is -0.222. The number of amides is 1. The smallest absolute Gasteiger partial charge is 0.341 e. The van der Waals surface area contributed by atoms with Crippen LogP contribution in [-0.4, -0.2) is 18.5 Å². The zero-order valence-corrected chi connectivity index (χ0v) is 17.6. The van der Waals surface area contributed by atoms with Gasteiger partial charge in [0.15, 0.2) is 0 Å². The summed E-state index contributed by atoms with van der Waals surface area (Å²) in [6.07, 6.45) is 3.88. The summed E-state index contributed by atoms with van der Waals surface area (Å²) in [5.41, 5.74) is 1.68. The molecule has 144 valence electrons. The quantitative estimate of drug-likeness (QED) is 0.597. The zero-order valence-electron chi connectivity index (χ0n) is 15.2. The van der Waals surface area contributed by atoms with Gasteiger partial charge in [-0.15, -0.1) is 11.3 Å². The molecule has 2 aromatic rings. The van der Waals surface area contributed by atoms with Crippen LogP contribution in [0.4, 0.5) is 5.00 Å². The van der Waals surface area contributed by atoms with E-state index in [2.05, 4.69) is 12.2 Å². The number of halogens is 2. The molecule has 1 amide bonds. The van der Waals surface area contributed by atoms with Crippen LogP contribution in [-0.2, 0) is 17.6 Å². The topological polar surface area (TPSA) is 55.4 Å². The predicted molar refractivity (Wildman–Crippen MR) is 110 cm³/mol. The van der Waals surface area contributed by atoms with Crippen molar-refractivity contribution in [2.45, 2.75) is 39.5 Å². The predicted octanol–water partition coefficient (Wildman–Crippen LogP) is 6.00. The van der Waals surface area contributed by atoms with Gasteiger partial charge in [0.1, 0.15) is 5.00 Å². The summed E-state index contributed by atoms with van der Waals surface area (Å²) in [6.45, 7) is 4.23. The highest BCUT2D eigenvalue weighted by atomic mass is 35.5. The Hall–Kier alpha value is -1.56. The van der Waals surface area contributed by atoms with Crippen LogP contribution < -0.4 is 5.32 Å². The summed E-state index contributed by atoms with van der Waals surface area (Å²) in [4.78, 5) is 26.5. The SMILES string of the molecule is CCOC(=O)c1c(NC(=O)c2c(Cl)cccc2Cl)sc2c1CCC(CC)C2. The lowest BCUT2D eigenvalue weighted by atomic mass is 9.85. The van der Waals surface area contributed by atoms with E-state index in [-0.39, 0.29) is 22.2 Å². The molecule has 1 aliphatic carbocycles. The number of fused-ring (bicyclic) bond motifs is 1. The third-order valence-electron chi connectivity index (χ3n) is 4.84. The first kappa shape index (κ1) is 20.2. The number of nitrogens with one attached hydrogen (secondary N) is 1. The molecule has 1 aromatic carbocycles. The van der Waals surface area contributed by atoms with E-state index in [1.807, 2.05) is 0 Å². The van der Waals surface area contributed by atoms with E-state index in [9.17, 15) is 9.59 Å². The number of carbonyl (C=O) groups is 2. The van der Waals surface area contributed by atoms with Gasteiger partial charge in [-0.3, -0.25) is 4.79 Å². The van der Waals surface area contributed by atoms with Crippen molar-refractivity contribution in [3.05, 3.63) is 49.8 Å². The number of benzene rings is 1. The Morgan fingerprint density at radius 3 is 2.56 bits per heavy atom. The van der Waals surface area contributed by atoms with Gasteiger partial charge in [-0.2, -0.15) is 0 Å². The number of carbonyl (C=O) groups excluding carboxylic acids is 2. The Labute approximate surface area is 172 Å². The highest BCUT2D eigenvalue weighted by Crippen LogP contribution is 2.41. The van der Waals surface area contributed by atoms with Crippen LogP contribution in [0.3, 0.4) is 0 Å². The standard InChI is InChI=1S/C20H21Cl2NO3S/c1-3-11-8-9-12-15(10-11)27-19(16(12)20(25)26-4-2)23-18(24)17-13(21)6-5-7-14(17)22/h5-7,11H,3-4,8-10H2,1-2H3,(H,23,24). The fraction of sp³-hybridized carbons (Fsp3) is 0.400. The van der Waals surface area contributed by atoms with Gasteiger partial charge in [0.2, 0.25) is 0 Å². The van der Waals surface area contributed by atoms with Crippen molar-refractivity contribution in [2.75, 3.05) is 11.9 Å². The van der Waals surface area contributed by atoms with Crippen molar-refractivity contribution >= 4 is 51.4 Å². The minimum Gasteiger partial charge on any atom is -0.462 e. The van der Waals surface area contributed by atoms with E-state index in [0.717, 1.165) is 36.1 Å². The van der Waals surface area contributed by atoms with Crippen molar-refractivity contribution in [2.24, 2.45) is 5.92 Å². The lowest BCUT2D eigenvalue weighted by Crippen LogP contribution is -2.17. The monoisotopic (exact) mass is 425 g/mol. The molecule has 3 rings (SSSR count). The van der Waals surface area contributed by atoms with Gasteiger partial charge in [-0.05, 0) is 49.8 Å². The maximum absolute atomic E-state index is 12.8. The number of hydrogen-bond acceptors (Lipinski definition) is 4. The second kappa shape index (κ2) is 8.63. The molecule has 0 radical (unpaired) electrons. The van der Waals surface area contributed by atoms with Gasteiger partial charge in [-0.25, -0.2) is 4.79 Å². The fourth-order valence-corrected chi connectivity index (χ4v) is 5.30. The van der Waals surface area contributed by atoms with E-state index >= 15 is 0 Å². The maximum Gasteiger partial charge on any atom is 0.341 e. The zero-order chi connectivity index (χ0) is 19.6. The third-order valence-corrected chi connectivity index (χ3v) is 6.64. The average Bonchev–Trinajstić information content (AvgIpc) is 2.98. The molecular formula is C20H21Cl2NO3S. The van der Waals surface area contributed by atoms with E-state index < -0.39 is 11.9 Å². The van der Waals surface area contributed by atoms with E-state index in [1.165, 1.54) is 11.3 Å². The Bertz CT molecular complexity index is 858. The highest BCUT2D eigenvalue weighted by molar-refractivity contribution is 7.17. The molecule has 1 unspecified atom stereocenters. The third kappa shape index (κ3) is 4.15. The van der Waals surface area contributed by atoms with Crippen molar-refractivity contribution in [3.63, 3.8) is 0 Å². The molecule has 1 heterocycles. The van der Waals surface area contributed by atoms with Crippen LogP contribution in [0, 0.1) is 5.92 Å². The Kier molecular flexibility index (Phi) is 6.45. The molecular weight excluding hydrogens is 405 g/mol. The molecule has 0 spiro atoms. The van der Waals surface area contributed by atoms with Gasteiger partial charge in [0.05, 0.1) is 27.8 Å². The summed E-state index contributed by atoms with van der Waals surface area (Å²) < 4.78 is 5.25. The first-order chi connectivity index (χ1) is 13.0. The van der Waals surface area contributed by atoms with Crippen LogP contribution in [0.25, 0.3) is 0 Å². The van der Waals surface area contributed by atoms with Crippen molar-refractivity contribution in [1.29, 1.82) is 0 Å². The van der Waals surface area contributed by atoms with Crippen molar-refractivity contribution in [3.8, 4) is 0 Å². The second-order valence-electron chi connectivity index (χ2n) is 6.50. The summed E-state index contributed by atoms with van der Waals surface area (Å²) in [5, 5.41) is 3.90. The van der Waals surface area contributed by atoms with E-state index in [4.69, 9.17) is 27.9 Å². The largest absolute Gasteiger partial charge is 0.462 e. The molecule has 1 aromatic heterocycles. The van der Waals surface area contributed by atoms with Gasteiger partial charge < -0.3 is 10.1 Å². The molecule has 1 aliphatic rings. The van der Waals surface area contributed by atoms with Crippen LogP contribution in [0.2, 0.25) is 10.0 Å². The summed E-state index contributed by atoms with van der Waals surface area (Å²) in [7, 11) is 0. The number of rotatable bonds is 5. The molecule has 0 saturated heterocycles. The lowest BCUT2D eigenvalue weighted by Gasteiger charge is -2.20. The Morgan fingerprint density at radius 1 is 1.22 bits per heavy atom. The molecule has 0 saturated carbocycles. The summed E-state index contributed by atoms with van der Waals surface area (Å²) >= 11 is 13.7. The van der Waals surface area contributed by atoms with Crippen LogP contribution in [0.15, 0.2) is 18.2 Å². The minimum absolute atomic E-state index is 0.202. The minimum atomic E-state index is -0.429. The lowest BCUT2D eigenvalue weighted by molar-refractivity contribution is 0.0526. The number of esters is 1. The Morgan fingerprint density at radius 2 is 1.93 bits per heavy atom. The fourth-order valence-electron chi connectivity index (χ4n) is 3.39. The number of anilines is 1. The number of thiophene rings is 1. The van der Waals surface area contributed by atoms with Gasteiger partial charge in [0.25, 0.3) is 5.91 Å². The molecule has 0 aliphatic heterocycles. The van der Waals surface area contributed by atoms with Gasteiger partial charge >= 0.3 is 5.97 Å². The number of hydrogen-bond donors (Lipinski definition) is 1. The Balaban J connectivity index is 1.98. The first-order valence-corrected chi connectivity index (χ1v) is 10.6. The molecule has 1 N–H and O–H groups in total. The molecule has 7 heteroatoms. The van der Waals surface area contributed by atoms with E-state index in [1.54, 1.807) is 25.1 Å². The second-order valence-corrected chi connectivity index (χ2v) is 8.42. The molecule has 27 heavy (non-hydrogen) atoms. The first-order valence-electron chi connectivity index (χ1n) is 9.03. The molecule has 4 nitrogen and oxygen atoms in total. The van der Waals surface area contributed by atoms with Crippen LogP contribution >= 0.6 is 34.5 Å². The van der Waals surface area contributed by atoms with Crippen molar-refractivity contribution in [1.82, 2.24) is 0 Å². The highest BCUT2D eigenvalue weighted by Gasteiger charge is 2.30. The summed E-state index contributed by atoms with van der Waals surface area (Å²) in [6, 6.07) is 4.90. The van der Waals surface area contributed by atoms with Gasteiger partial charge in [-0.1, -0.05) is 42.6 Å². The molecule has 1 atom stereocenters. The molecule has 0 fully saturated rings. The molecule has 0 bridgehead atoms. The van der Waals surface area contributed by atoms with Gasteiger partial charge in [0, 0.05) is 4.88 Å². The van der Waals surface area contributed by atoms with Crippen LogP contribution in [0.1, 0.15) is 57.8 Å². The normalized spacial score (nSPS) is 15.9. The van der Waals surface area contributed by atoms with Crippen LogP contribution in [0.5, 0.6) is 0 Å². The average molecular weight is 426 g/mol. The van der Waals surface area contributed by atoms with E-state index in [0.29, 0.717) is 16.5 Å². The van der Waals surface area contributed by atoms with Crippen molar-refractivity contribution < 1.29 is 14.3 Å².